The van der Waals surface area contributed by atoms with Crippen molar-refractivity contribution in [3.05, 3.63) is 93.8 Å². The van der Waals surface area contributed by atoms with Crippen LogP contribution in [0.5, 0.6) is 0 Å². The van der Waals surface area contributed by atoms with Crippen LogP contribution < -0.4 is 0 Å². The number of carbonyl (C=O) groups excluding carboxylic acids is 1. The molecule has 0 saturated carbocycles. The van der Waals surface area contributed by atoms with Crippen LogP contribution in [0.15, 0.2) is 71.6 Å². The molecule has 1 amide bonds. The second kappa shape index (κ2) is 14.8. The number of nitro groups is 1. The highest BCUT2D eigenvalue weighted by Crippen LogP contribution is 2.44. The molecule has 1 saturated heterocycles. The monoisotopic (exact) mass is 655 g/mol. The first-order chi connectivity index (χ1) is 21.8. The summed E-state index contributed by atoms with van der Waals surface area (Å²) in [6, 6.07) is 17.3. The Bertz CT molecular complexity index is 1670. The zero-order chi connectivity index (χ0) is 33.6. The summed E-state index contributed by atoms with van der Waals surface area (Å²) in [7, 11) is -3.14. The topological polar surface area (TPSA) is 141 Å². The summed E-state index contributed by atoms with van der Waals surface area (Å²) in [6.07, 6.45) is 1.16. The molecule has 4 rings (SSSR count). The van der Waals surface area contributed by atoms with Gasteiger partial charge in [-0.2, -0.15) is 4.31 Å². The van der Waals surface area contributed by atoms with Crippen LogP contribution in [0.1, 0.15) is 57.1 Å². The van der Waals surface area contributed by atoms with Gasteiger partial charge < -0.3 is 15.1 Å². The van der Waals surface area contributed by atoms with E-state index in [1.165, 1.54) is 25.2 Å². The van der Waals surface area contributed by atoms with Crippen molar-refractivity contribution >= 4 is 21.6 Å². The van der Waals surface area contributed by atoms with Crippen molar-refractivity contribution in [1.29, 1.82) is 0 Å². The number of hydrogen-bond donors (Lipinski definition) is 2. The van der Waals surface area contributed by atoms with E-state index in [9.17, 15) is 33.5 Å². The number of likely N-dealkylation sites (N-methyl/N-ethyl adjacent to an activating group) is 1. The number of sulfonamides is 1. The minimum atomic E-state index is -4.33. The summed E-state index contributed by atoms with van der Waals surface area (Å²) >= 11 is 0. The van der Waals surface area contributed by atoms with E-state index in [-0.39, 0.29) is 13.0 Å². The highest BCUT2D eigenvalue weighted by atomic mass is 32.2. The summed E-state index contributed by atoms with van der Waals surface area (Å²) in [5, 5.41) is 34.5. The van der Waals surface area contributed by atoms with Crippen LogP contribution in [-0.2, 0) is 26.8 Å². The molecule has 0 spiro atoms. The number of likely N-dealkylation sites (tertiary alicyclic amines) is 1. The lowest BCUT2D eigenvalue weighted by Crippen LogP contribution is -2.49. The molecule has 2 N–H and O–H groups in total. The average Bonchev–Trinajstić information content (AvgIpc) is 3.04. The van der Waals surface area contributed by atoms with Gasteiger partial charge in [-0.3, -0.25) is 14.9 Å². The Kier molecular flexibility index (Phi) is 11.3. The van der Waals surface area contributed by atoms with Crippen LogP contribution in [-0.4, -0.2) is 71.5 Å². The number of carbonyl (C=O) groups is 1. The van der Waals surface area contributed by atoms with E-state index in [0.717, 1.165) is 28.4 Å². The first-order valence-corrected chi connectivity index (χ1v) is 17.0. The lowest BCUT2D eigenvalue weighted by molar-refractivity contribution is -0.387. The summed E-state index contributed by atoms with van der Waals surface area (Å²) in [5.74, 6) is -1.27. The van der Waals surface area contributed by atoms with Gasteiger partial charge in [0.25, 0.3) is 5.69 Å². The molecule has 0 aliphatic carbocycles. The molecule has 0 aromatic heterocycles. The summed E-state index contributed by atoms with van der Waals surface area (Å²) in [4.78, 5) is 25.0. The Labute approximate surface area is 269 Å². The molecule has 12 heteroatoms. The van der Waals surface area contributed by atoms with Crippen LogP contribution in [0, 0.1) is 21.8 Å². The first-order valence-electron chi connectivity index (χ1n) is 15.6. The smallest absolute Gasteiger partial charge is 0.289 e. The summed E-state index contributed by atoms with van der Waals surface area (Å²) in [6.45, 7) is 4.07. The van der Waals surface area contributed by atoms with E-state index in [4.69, 9.17) is 0 Å². The molecule has 0 radical (unpaired) electrons. The van der Waals surface area contributed by atoms with E-state index in [1.54, 1.807) is 17.0 Å². The van der Waals surface area contributed by atoms with Crippen molar-refractivity contribution in [3.8, 4) is 11.1 Å². The van der Waals surface area contributed by atoms with E-state index < -0.39 is 61.4 Å². The van der Waals surface area contributed by atoms with Crippen molar-refractivity contribution in [2.45, 2.75) is 69.0 Å². The molecular weight excluding hydrogens is 613 g/mol. The third-order valence-corrected chi connectivity index (χ3v) is 10.7. The van der Waals surface area contributed by atoms with Gasteiger partial charge in [-0.05, 0) is 54.5 Å². The molecule has 2 unspecified atom stereocenters. The largest absolute Gasteiger partial charge is 0.391 e. The highest BCUT2D eigenvalue weighted by Gasteiger charge is 2.43. The van der Waals surface area contributed by atoms with Gasteiger partial charge in [0.15, 0.2) is 4.90 Å². The molecule has 3 atom stereocenters. The number of amides is 1. The Balaban J connectivity index is 1.53. The van der Waals surface area contributed by atoms with Gasteiger partial charge in [-0.1, -0.05) is 68.8 Å². The standard InChI is InChI=1S/C34H42FN3O7S/c1-4-18-34(41,28-14-9-15-29(35)33(28)25-12-8-11-24(5-2)20-25)26-13-10-19-37(22-26)32(40)21-27(39)23-36(3)46(44,45)31-17-7-6-16-30(31)38(42)43/h6-9,11-12,14-17,20,26-27,39,41H,4-5,10,13,18-19,21-23H2,1-3H3/t26-,27?,34?/m1/s1. The van der Waals surface area contributed by atoms with Crippen molar-refractivity contribution < 1.29 is 32.7 Å². The SMILES string of the molecule is CCCC(O)(c1cccc(F)c1-c1cccc(CC)c1)[C@@H]1CCCN(C(=O)CC(O)CN(C)S(=O)(=O)c2ccccc2[N+](=O)[O-])C1. The number of aliphatic hydroxyl groups is 2. The lowest BCUT2D eigenvalue weighted by atomic mass is 9.72. The number of piperidine rings is 1. The molecule has 1 aliphatic rings. The zero-order valence-electron chi connectivity index (χ0n) is 26.4. The Morgan fingerprint density at radius 1 is 1.15 bits per heavy atom. The second-order valence-corrected chi connectivity index (χ2v) is 14.0. The number of benzene rings is 3. The van der Waals surface area contributed by atoms with Gasteiger partial charge in [0, 0.05) is 44.2 Å². The maximum Gasteiger partial charge on any atom is 0.289 e. The zero-order valence-corrected chi connectivity index (χ0v) is 27.2. The number of rotatable bonds is 13. The van der Waals surface area contributed by atoms with Gasteiger partial charge in [-0.15, -0.1) is 0 Å². The molecule has 1 heterocycles. The first kappa shape index (κ1) is 35.1. The molecule has 3 aromatic rings. The van der Waals surface area contributed by atoms with Gasteiger partial charge in [0.1, 0.15) is 5.82 Å². The van der Waals surface area contributed by atoms with Gasteiger partial charge in [-0.25, -0.2) is 12.8 Å². The Morgan fingerprint density at radius 2 is 1.87 bits per heavy atom. The fraction of sp³-hybridized carbons (Fsp3) is 0.441. The quantitative estimate of drug-likeness (QED) is 0.189. The average molecular weight is 656 g/mol. The Hall–Kier alpha value is -3.71. The minimum Gasteiger partial charge on any atom is -0.391 e. The summed E-state index contributed by atoms with van der Waals surface area (Å²) < 4.78 is 42.5. The fourth-order valence-corrected chi connectivity index (χ4v) is 7.80. The Morgan fingerprint density at radius 3 is 2.57 bits per heavy atom. The van der Waals surface area contributed by atoms with Crippen LogP contribution >= 0.6 is 0 Å². The van der Waals surface area contributed by atoms with Crippen LogP contribution in [0.2, 0.25) is 0 Å². The predicted octanol–water partition coefficient (Wildman–Crippen LogP) is 5.26. The van der Waals surface area contributed by atoms with Crippen molar-refractivity contribution in [1.82, 2.24) is 9.21 Å². The van der Waals surface area contributed by atoms with Gasteiger partial charge >= 0.3 is 0 Å². The summed E-state index contributed by atoms with van der Waals surface area (Å²) in [5.41, 5.74) is 0.510. The van der Waals surface area contributed by atoms with E-state index in [2.05, 4.69) is 0 Å². The number of aliphatic hydroxyl groups excluding tert-OH is 1. The molecule has 3 aromatic carbocycles. The van der Waals surface area contributed by atoms with E-state index in [1.807, 2.05) is 38.1 Å². The third-order valence-electron chi connectivity index (χ3n) is 8.81. The maximum atomic E-state index is 15.5. The molecule has 10 nitrogen and oxygen atoms in total. The predicted molar refractivity (Wildman–Crippen MR) is 173 cm³/mol. The molecule has 0 bridgehead atoms. The lowest BCUT2D eigenvalue weighted by Gasteiger charge is -2.43. The molecular formula is C34H42FN3O7S. The third kappa shape index (κ3) is 7.46. The normalized spacial score (nSPS) is 17.5. The number of nitro benzene ring substituents is 1. The van der Waals surface area contributed by atoms with E-state index >= 15 is 4.39 Å². The second-order valence-electron chi connectivity index (χ2n) is 11.9. The molecule has 1 fully saturated rings. The molecule has 1 aliphatic heterocycles. The number of hydrogen-bond acceptors (Lipinski definition) is 7. The number of para-hydroxylation sites is 1. The fourth-order valence-electron chi connectivity index (χ4n) is 6.44. The number of aryl methyl sites for hydroxylation is 1. The van der Waals surface area contributed by atoms with Crippen LogP contribution in [0.4, 0.5) is 10.1 Å². The van der Waals surface area contributed by atoms with Crippen molar-refractivity contribution in [2.75, 3.05) is 26.7 Å². The number of halogens is 1. The number of nitrogens with zero attached hydrogens (tertiary/aromatic N) is 3. The van der Waals surface area contributed by atoms with Gasteiger partial charge in [0.05, 0.1) is 23.0 Å². The van der Waals surface area contributed by atoms with Crippen LogP contribution in [0.3, 0.4) is 0 Å². The highest BCUT2D eigenvalue weighted by molar-refractivity contribution is 7.89. The maximum absolute atomic E-state index is 15.5. The van der Waals surface area contributed by atoms with E-state index in [0.29, 0.717) is 48.9 Å². The molecule has 248 valence electrons. The van der Waals surface area contributed by atoms with Crippen molar-refractivity contribution in [3.63, 3.8) is 0 Å². The van der Waals surface area contributed by atoms with Gasteiger partial charge in [0.2, 0.25) is 15.9 Å². The van der Waals surface area contributed by atoms with Crippen LogP contribution in [0.25, 0.3) is 11.1 Å². The minimum absolute atomic E-state index is 0.178. The van der Waals surface area contributed by atoms with Crippen molar-refractivity contribution in [2.24, 2.45) is 5.92 Å². The molecule has 46 heavy (non-hydrogen) atoms.